The molecule has 2 atom stereocenters. The first-order valence-corrected chi connectivity index (χ1v) is 15.9. The first-order chi connectivity index (χ1) is 22.5. The van der Waals surface area contributed by atoms with Crippen LogP contribution in [0.5, 0.6) is 0 Å². The Bertz CT molecular complexity index is 1820. The molecule has 3 heterocycles. The van der Waals surface area contributed by atoms with Crippen LogP contribution in [0.3, 0.4) is 0 Å². The van der Waals surface area contributed by atoms with Crippen molar-refractivity contribution in [3.63, 3.8) is 0 Å². The number of amides is 4. The van der Waals surface area contributed by atoms with Crippen LogP contribution >= 0.6 is 0 Å². The number of carbonyl (C=O) groups is 4. The Morgan fingerprint density at radius 2 is 1.72 bits per heavy atom. The van der Waals surface area contributed by atoms with E-state index in [4.69, 9.17) is 4.74 Å². The number of likely N-dealkylation sites (tertiary alicyclic amines) is 1. The second-order valence-corrected chi connectivity index (χ2v) is 12.9. The highest BCUT2D eigenvalue weighted by molar-refractivity contribution is 6.01. The SMILES string of the molecule is CC(C)(C)OC(=O)N[C@@H](C(=O)N1CCC[C@H]1C(=O)Nc1ccc2[nH]c(-c3ccc(N4CCCC4=O)cc3)c(F)c2c1)c1ccccc1. The van der Waals surface area contributed by atoms with E-state index in [9.17, 15) is 19.2 Å². The van der Waals surface area contributed by atoms with Gasteiger partial charge in [0, 0.05) is 47.4 Å². The topological polar surface area (TPSA) is 124 Å². The number of hydrogen-bond donors (Lipinski definition) is 3. The second-order valence-electron chi connectivity index (χ2n) is 12.9. The standard InChI is InChI=1S/C36H38FN5O5/c1-36(2,3)47-35(46)40-32(22-9-5-4-6-10-22)34(45)42-20-7-11-28(42)33(44)38-24-15-18-27-26(21-24)30(37)31(39-27)23-13-16-25(17-14-23)41-19-8-12-29(41)43/h4-6,9-10,13-18,21,28,32,39H,7-8,11-12,19-20H2,1-3H3,(H,38,44)(H,40,46)/t28-,32+/m0/s1. The van der Waals surface area contributed by atoms with Crippen molar-refractivity contribution < 1.29 is 28.3 Å². The predicted molar refractivity (Wildman–Crippen MR) is 177 cm³/mol. The smallest absolute Gasteiger partial charge is 0.408 e. The molecule has 1 aromatic heterocycles. The lowest BCUT2D eigenvalue weighted by molar-refractivity contribution is -0.138. The van der Waals surface area contributed by atoms with Gasteiger partial charge < -0.3 is 30.2 Å². The molecule has 0 bridgehead atoms. The Hall–Kier alpha value is -5.19. The van der Waals surface area contributed by atoms with E-state index in [2.05, 4.69) is 15.6 Å². The number of aromatic nitrogens is 1. The zero-order valence-corrected chi connectivity index (χ0v) is 26.6. The van der Waals surface area contributed by atoms with Gasteiger partial charge in [-0.05, 0) is 75.9 Å². The summed E-state index contributed by atoms with van der Waals surface area (Å²) >= 11 is 0. The third kappa shape index (κ3) is 6.84. The molecule has 244 valence electrons. The molecule has 2 fully saturated rings. The number of anilines is 2. The lowest BCUT2D eigenvalue weighted by Crippen LogP contribution is -2.49. The summed E-state index contributed by atoms with van der Waals surface area (Å²) in [5.74, 6) is -1.19. The van der Waals surface area contributed by atoms with Gasteiger partial charge in [-0.1, -0.05) is 42.5 Å². The van der Waals surface area contributed by atoms with Crippen LogP contribution in [-0.4, -0.2) is 58.4 Å². The summed E-state index contributed by atoms with van der Waals surface area (Å²) in [7, 11) is 0. The van der Waals surface area contributed by atoms with E-state index in [0.29, 0.717) is 65.8 Å². The van der Waals surface area contributed by atoms with E-state index in [0.717, 1.165) is 12.1 Å². The summed E-state index contributed by atoms with van der Waals surface area (Å²) in [5.41, 5.74) is 2.48. The molecule has 11 heteroatoms. The zero-order chi connectivity index (χ0) is 33.3. The summed E-state index contributed by atoms with van der Waals surface area (Å²) in [6.45, 7) is 6.23. The molecule has 0 aliphatic carbocycles. The van der Waals surface area contributed by atoms with Crippen LogP contribution in [0.25, 0.3) is 22.2 Å². The van der Waals surface area contributed by atoms with Gasteiger partial charge in [0.25, 0.3) is 5.91 Å². The molecule has 2 saturated heterocycles. The molecule has 0 saturated carbocycles. The van der Waals surface area contributed by atoms with Crippen LogP contribution in [0.4, 0.5) is 20.6 Å². The van der Waals surface area contributed by atoms with Gasteiger partial charge in [0.2, 0.25) is 11.8 Å². The lowest BCUT2D eigenvalue weighted by Gasteiger charge is -2.29. The van der Waals surface area contributed by atoms with Gasteiger partial charge in [-0.2, -0.15) is 0 Å². The second kappa shape index (κ2) is 12.9. The van der Waals surface area contributed by atoms with Gasteiger partial charge in [-0.3, -0.25) is 14.4 Å². The summed E-state index contributed by atoms with van der Waals surface area (Å²) in [4.78, 5) is 58.6. The number of rotatable bonds is 7. The van der Waals surface area contributed by atoms with Crippen LogP contribution in [0.1, 0.15) is 58.1 Å². The third-order valence-corrected chi connectivity index (χ3v) is 8.42. The maximum absolute atomic E-state index is 15.7. The van der Waals surface area contributed by atoms with Gasteiger partial charge in [0.1, 0.15) is 17.7 Å². The largest absolute Gasteiger partial charge is 0.444 e. The number of nitrogens with one attached hydrogen (secondary N) is 3. The molecule has 3 aromatic carbocycles. The number of fused-ring (bicyclic) bond motifs is 1. The number of hydrogen-bond acceptors (Lipinski definition) is 5. The van der Waals surface area contributed by atoms with Gasteiger partial charge in [-0.25, -0.2) is 9.18 Å². The molecule has 10 nitrogen and oxygen atoms in total. The van der Waals surface area contributed by atoms with Crippen molar-refractivity contribution in [1.29, 1.82) is 0 Å². The fraction of sp³-hybridized carbons (Fsp3) is 0.333. The molecule has 0 unspecified atom stereocenters. The molecular formula is C36H38FN5O5. The van der Waals surface area contributed by atoms with Gasteiger partial charge >= 0.3 is 6.09 Å². The minimum absolute atomic E-state index is 0.0858. The highest BCUT2D eigenvalue weighted by atomic mass is 19.1. The Kier molecular flexibility index (Phi) is 8.72. The van der Waals surface area contributed by atoms with Crippen LogP contribution in [0, 0.1) is 5.82 Å². The van der Waals surface area contributed by atoms with Crippen molar-refractivity contribution in [3.05, 3.63) is 84.2 Å². The molecule has 0 spiro atoms. The number of halogens is 1. The minimum atomic E-state index is -1.05. The number of alkyl carbamates (subject to hydrolysis) is 1. The fourth-order valence-corrected chi connectivity index (χ4v) is 6.22. The number of H-pyrrole nitrogens is 1. The molecule has 4 amide bonds. The highest BCUT2D eigenvalue weighted by Gasteiger charge is 2.39. The number of nitrogens with zero attached hydrogens (tertiary/aromatic N) is 2. The molecule has 2 aliphatic rings. The Labute approximate surface area is 272 Å². The predicted octanol–water partition coefficient (Wildman–Crippen LogP) is 6.30. The highest BCUT2D eigenvalue weighted by Crippen LogP contribution is 2.33. The monoisotopic (exact) mass is 639 g/mol. The number of ether oxygens (including phenoxy) is 1. The average Bonchev–Trinajstić information content (AvgIpc) is 3.78. The molecule has 6 rings (SSSR count). The first-order valence-electron chi connectivity index (χ1n) is 15.9. The maximum Gasteiger partial charge on any atom is 0.408 e. The average molecular weight is 640 g/mol. The van der Waals surface area contributed by atoms with Gasteiger partial charge in [-0.15, -0.1) is 0 Å². The van der Waals surface area contributed by atoms with E-state index in [1.54, 1.807) is 80.3 Å². The van der Waals surface area contributed by atoms with Crippen LogP contribution in [0.2, 0.25) is 0 Å². The fourth-order valence-electron chi connectivity index (χ4n) is 6.22. The number of benzene rings is 3. The van der Waals surface area contributed by atoms with Gasteiger partial charge in [0.15, 0.2) is 5.82 Å². The minimum Gasteiger partial charge on any atom is -0.444 e. The first kappa shape index (κ1) is 31.8. The van der Waals surface area contributed by atoms with Crippen LogP contribution in [0.15, 0.2) is 72.8 Å². The number of aromatic amines is 1. The molecule has 0 radical (unpaired) electrons. The maximum atomic E-state index is 15.7. The van der Waals surface area contributed by atoms with E-state index in [1.165, 1.54) is 4.90 Å². The Balaban J connectivity index is 1.18. The Morgan fingerprint density at radius 1 is 0.979 bits per heavy atom. The van der Waals surface area contributed by atoms with Crippen molar-refractivity contribution in [1.82, 2.24) is 15.2 Å². The van der Waals surface area contributed by atoms with Crippen LogP contribution < -0.4 is 15.5 Å². The summed E-state index contributed by atoms with van der Waals surface area (Å²) in [5, 5.41) is 5.87. The summed E-state index contributed by atoms with van der Waals surface area (Å²) < 4.78 is 21.1. The van der Waals surface area contributed by atoms with Crippen molar-refractivity contribution >= 4 is 46.1 Å². The van der Waals surface area contributed by atoms with E-state index in [-0.39, 0.29) is 5.91 Å². The van der Waals surface area contributed by atoms with Gasteiger partial charge in [0.05, 0.1) is 5.69 Å². The summed E-state index contributed by atoms with van der Waals surface area (Å²) in [6.07, 6.45) is 1.67. The molecular weight excluding hydrogens is 601 g/mol. The normalized spacial score (nSPS) is 17.2. The molecule has 2 aliphatic heterocycles. The molecule has 3 N–H and O–H groups in total. The molecule has 47 heavy (non-hydrogen) atoms. The Morgan fingerprint density at radius 3 is 2.40 bits per heavy atom. The molecule has 4 aromatic rings. The van der Waals surface area contributed by atoms with Crippen LogP contribution in [-0.2, 0) is 19.1 Å². The third-order valence-electron chi connectivity index (χ3n) is 8.42. The summed E-state index contributed by atoms with van der Waals surface area (Å²) in [6, 6.07) is 19.1. The quantitative estimate of drug-likeness (QED) is 0.219. The van der Waals surface area contributed by atoms with Crippen molar-refractivity contribution in [2.75, 3.05) is 23.3 Å². The van der Waals surface area contributed by atoms with Crippen molar-refractivity contribution in [3.8, 4) is 11.3 Å². The number of carbonyl (C=O) groups excluding carboxylic acids is 4. The zero-order valence-electron chi connectivity index (χ0n) is 26.6. The van der Waals surface area contributed by atoms with E-state index < -0.39 is 41.4 Å². The van der Waals surface area contributed by atoms with Crippen molar-refractivity contribution in [2.24, 2.45) is 0 Å². The van der Waals surface area contributed by atoms with E-state index in [1.807, 2.05) is 18.2 Å². The lowest BCUT2D eigenvalue weighted by atomic mass is 10.0. The van der Waals surface area contributed by atoms with Crippen molar-refractivity contribution in [2.45, 2.75) is 64.1 Å². The van der Waals surface area contributed by atoms with E-state index >= 15 is 4.39 Å².